The first-order valence-corrected chi connectivity index (χ1v) is 15.9. The average molecular weight is 587 g/mol. The van der Waals surface area contributed by atoms with E-state index in [1.54, 1.807) is 16.2 Å². The van der Waals surface area contributed by atoms with E-state index in [9.17, 15) is 9.59 Å². The maximum absolute atomic E-state index is 12.8. The lowest BCUT2D eigenvalue weighted by Gasteiger charge is -2.30. The molecule has 0 saturated carbocycles. The van der Waals surface area contributed by atoms with E-state index in [1.807, 2.05) is 66.7 Å². The van der Waals surface area contributed by atoms with Gasteiger partial charge >= 0.3 is 6.09 Å². The van der Waals surface area contributed by atoms with Gasteiger partial charge in [0.1, 0.15) is 15.6 Å². The topological polar surface area (TPSA) is 83.6 Å². The van der Waals surface area contributed by atoms with Gasteiger partial charge in [0.2, 0.25) is 5.91 Å². The molecule has 2 N–H and O–H groups in total. The molecule has 220 valence electrons. The lowest BCUT2D eigenvalue weighted by atomic mass is 10.0. The Morgan fingerprint density at radius 1 is 1.18 bits per heavy atom. The van der Waals surface area contributed by atoms with Crippen LogP contribution in [-0.4, -0.2) is 46.6 Å². The van der Waals surface area contributed by atoms with E-state index < -0.39 is 5.60 Å². The number of benzene rings is 1. The van der Waals surface area contributed by atoms with Crippen molar-refractivity contribution in [3.8, 4) is 10.6 Å². The first-order chi connectivity index (χ1) is 19.0. The zero-order valence-electron chi connectivity index (χ0n) is 25.6. The van der Waals surface area contributed by atoms with E-state index >= 15 is 0 Å². The molecule has 0 fully saturated rings. The van der Waals surface area contributed by atoms with Crippen molar-refractivity contribution in [1.82, 2.24) is 15.2 Å². The van der Waals surface area contributed by atoms with Crippen LogP contribution in [0.2, 0.25) is 0 Å². The van der Waals surface area contributed by atoms with Crippen LogP contribution in [0.25, 0.3) is 26.9 Å². The number of thiazole rings is 1. The highest BCUT2D eigenvalue weighted by atomic mass is 32.1. The molecule has 1 aliphatic heterocycles. The van der Waals surface area contributed by atoms with E-state index in [4.69, 9.17) is 9.72 Å². The molecule has 4 rings (SSSR count). The van der Waals surface area contributed by atoms with Gasteiger partial charge in [0.15, 0.2) is 0 Å². The molecule has 0 radical (unpaired) electrons. The number of rotatable bonds is 7. The van der Waals surface area contributed by atoms with Crippen molar-refractivity contribution < 1.29 is 14.3 Å². The molecule has 40 heavy (non-hydrogen) atoms. The lowest BCUT2D eigenvalue weighted by molar-refractivity contribution is -0.116. The number of anilines is 1. The summed E-state index contributed by atoms with van der Waals surface area (Å²) in [5, 5.41) is 8.11. The van der Waals surface area contributed by atoms with Gasteiger partial charge in [-0.05, 0) is 50.5 Å². The Balaban J connectivity index is 0.00000134. The summed E-state index contributed by atoms with van der Waals surface area (Å²) in [4.78, 5) is 33.3. The second-order valence-electron chi connectivity index (χ2n) is 10.2. The van der Waals surface area contributed by atoms with Crippen LogP contribution in [0.5, 0.6) is 0 Å². The molecule has 3 heterocycles. The number of carbonyl (C=O) groups excluding carboxylic acids is 2. The van der Waals surface area contributed by atoms with Gasteiger partial charge in [-0.2, -0.15) is 0 Å². The van der Waals surface area contributed by atoms with Gasteiger partial charge in [-0.1, -0.05) is 60.3 Å². The Hall–Kier alpha value is -2.75. The molecular weight excluding hydrogens is 541 g/mol. The fourth-order valence-electron chi connectivity index (χ4n) is 4.04. The summed E-state index contributed by atoms with van der Waals surface area (Å²) in [6.45, 7) is 23.2. The van der Waals surface area contributed by atoms with Crippen LogP contribution in [0.3, 0.4) is 0 Å². The van der Waals surface area contributed by atoms with Crippen LogP contribution < -0.4 is 10.6 Å². The molecule has 2 amide bonds. The van der Waals surface area contributed by atoms with Crippen LogP contribution in [0.4, 0.5) is 9.80 Å². The first-order valence-electron chi connectivity index (χ1n) is 14.2. The molecule has 7 nitrogen and oxygen atoms in total. The minimum Gasteiger partial charge on any atom is -0.444 e. The highest BCUT2D eigenvalue weighted by Crippen LogP contribution is 2.46. The Bertz CT molecular complexity index is 1290. The van der Waals surface area contributed by atoms with Crippen molar-refractivity contribution in [2.45, 2.75) is 93.3 Å². The number of nitrogens with one attached hydrogen (secondary N) is 2. The third kappa shape index (κ3) is 8.88. The molecule has 1 aliphatic rings. The Kier molecular flexibility index (Phi) is 12.8. The molecule has 0 aliphatic carbocycles. The number of hydrogen-bond donors (Lipinski definition) is 2. The maximum atomic E-state index is 12.8. The third-order valence-corrected chi connectivity index (χ3v) is 7.91. The predicted octanol–water partition coefficient (Wildman–Crippen LogP) is 8.34. The van der Waals surface area contributed by atoms with Gasteiger partial charge in [0, 0.05) is 36.0 Å². The summed E-state index contributed by atoms with van der Waals surface area (Å²) in [5.41, 5.74) is 3.51. The van der Waals surface area contributed by atoms with Crippen molar-refractivity contribution in [3.05, 3.63) is 40.8 Å². The fourth-order valence-corrected chi connectivity index (χ4v) is 6.41. The van der Waals surface area contributed by atoms with Gasteiger partial charge < -0.3 is 20.3 Å². The predicted molar refractivity (Wildman–Crippen MR) is 172 cm³/mol. The lowest BCUT2D eigenvalue weighted by Crippen LogP contribution is -2.39. The minimum absolute atomic E-state index is 0.0398. The minimum atomic E-state index is -0.549. The number of thiophene rings is 1. The second kappa shape index (κ2) is 15.3. The number of amides is 2. The Labute approximate surface area is 248 Å². The summed E-state index contributed by atoms with van der Waals surface area (Å²) in [5.74, 6) is -0.0398. The largest absolute Gasteiger partial charge is 0.444 e. The third-order valence-electron chi connectivity index (χ3n) is 5.73. The summed E-state index contributed by atoms with van der Waals surface area (Å²) < 4.78 is 6.68. The van der Waals surface area contributed by atoms with E-state index in [0.717, 1.165) is 41.8 Å². The van der Waals surface area contributed by atoms with E-state index in [1.165, 1.54) is 11.3 Å². The standard InChI is InChI=1S/C27H34N4O3S2.2C2H6/c1-7-17-8-9-20-19(14-17)29-24(35-20)23-18-11-13-31(26(33)34-27(4,5)6)15-21(18)36-25(23)30-22(32)10-12-28-16(2)3;2*1-2/h7-9,14,16,28H,1,10-13,15H2,2-6H3,(H,30,32);2*1-2H3. The number of nitrogens with zero attached hydrogens (tertiary/aromatic N) is 2. The summed E-state index contributed by atoms with van der Waals surface area (Å²) in [6.07, 6.45) is 2.56. The van der Waals surface area contributed by atoms with Crippen LogP contribution in [0, 0.1) is 0 Å². The molecule has 3 aromatic rings. The molecule has 0 spiro atoms. The van der Waals surface area contributed by atoms with E-state index in [0.29, 0.717) is 38.5 Å². The number of carbonyl (C=O) groups is 2. The van der Waals surface area contributed by atoms with E-state index in [-0.39, 0.29) is 12.0 Å². The van der Waals surface area contributed by atoms with Crippen molar-refractivity contribution in [1.29, 1.82) is 0 Å². The summed E-state index contributed by atoms with van der Waals surface area (Å²) >= 11 is 3.15. The monoisotopic (exact) mass is 586 g/mol. The second-order valence-corrected chi connectivity index (χ2v) is 12.4. The van der Waals surface area contributed by atoms with Crippen molar-refractivity contribution in [2.24, 2.45) is 0 Å². The maximum Gasteiger partial charge on any atom is 0.410 e. The fraction of sp³-hybridized carbons (Fsp3) is 0.516. The Morgan fingerprint density at radius 3 is 2.50 bits per heavy atom. The molecule has 0 saturated heterocycles. The molecule has 2 aromatic heterocycles. The highest BCUT2D eigenvalue weighted by Gasteiger charge is 2.31. The molecule has 0 atom stereocenters. The number of fused-ring (bicyclic) bond motifs is 2. The van der Waals surface area contributed by atoms with Crippen molar-refractivity contribution >= 4 is 56.0 Å². The summed E-state index contributed by atoms with van der Waals surface area (Å²) in [6, 6.07) is 6.45. The molecule has 0 bridgehead atoms. The normalized spacial score (nSPS) is 12.6. The van der Waals surface area contributed by atoms with Gasteiger partial charge in [-0.25, -0.2) is 9.78 Å². The summed E-state index contributed by atoms with van der Waals surface area (Å²) in [7, 11) is 0. The number of ether oxygens (including phenoxy) is 1. The van der Waals surface area contributed by atoms with Crippen LogP contribution in [0.1, 0.15) is 84.7 Å². The van der Waals surface area contributed by atoms with Crippen LogP contribution >= 0.6 is 22.7 Å². The first kappa shape index (κ1) is 33.5. The molecule has 0 unspecified atom stereocenters. The van der Waals surface area contributed by atoms with E-state index in [2.05, 4.69) is 37.1 Å². The van der Waals surface area contributed by atoms with Gasteiger partial charge in [0.25, 0.3) is 0 Å². The SMILES string of the molecule is C=Cc1ccc2sc(-c3c(NC(=O)CCNC(C)C)sc4c3CCN(C(=O)OC(C)(C)C)C4)nc2c1.CC.CC. The van der Waals surface area contributed by atoms with Crippen LogP contribution in [-0.2, 0) is 22.5 Å². The van der Waals surface area contributed by atoms with Gasteiger partial charge in [-0.15, -0.1) is 22.7 Å². The number of aromatic nitrogens is 1. The highest BCUT2D eigenvalue weighted by molar-refractivity contribution is 7.23. The molecular formula is C31H46N4O3S2. The van der Waals surface area contributed by atoms with Crippen molar-refractivity contribution in [3.63, 3.8) is 0 Å². The zero-order valence-corrected chi connectivity index (χ0v) is 27.2. The number of hydrogen-bond acceptors (Lipinski definition) is 7. The molecule has 1 aromatic carbocycles. The van der Waals surface area contributed by atoms with Gasteiger partial charge in [-0.3, -0.25) is 4.79 Å². The van der Waals surface area contributed by atoms with Crippen LogP contribution in [0.15, 0.2) is 24.8 Å². The molecule has 9 heteroatoms. The van der Waals surface area contributed by atoms with Gasteiger partial charge in [0.05, 0.1) is 16.8 Å². The van der Waals surface area contributed by atoms with Crippen molar-refractivity contribution in [2.75, 3.05) is 18.4 Å². The smallest absolute Gasteiger partial charge is 0.410 e. The average Bonchev–Trinajstić information content (AvgIpc) is 3.49. The quantitative estimate of drug-likeness (QED) is 0.291. The zero-order chi connectivity index (χ0) is 30.0. The Morgan fingerprint density at radius 2 is 1.88 bits per heavy atom.